The lowest BCUT2D eigenvalue weighted by Gasteiger charge is -2.32. The van der Waals surface area contributed by atoms with Gasteiger partial charge >= 0.3 is 0 Å². The number of rotatable bonds is 7. The number of carbonyl (C=O) groups is 1. The number of hydrogen-bond acceptors (Lipinski definition) is 7. The number of nitrogens with one attached hydrogen (secondary N) is 1. The highest BCUT2D eigenvalue weighted by molar-refractivity contribution is 7.78. The van der Waals surface area contributed by atoms with Crippen molar-refractivity contribution >= 4 is 22.7 Å². The fraction of sp³-hybridized carbons (Fsp3) is 0.533. The van der Waals surface area contributed by atoms with Crippen molar-refractivity contribution in [1.82, 2.24) is 15.1 Å². The summed E-state index contributed by atoms with van der Waals surface area (Å²) in [5, 5.41) is 13.9. The van der Waals surface area contributed by atoms with E-state index in [0.29, 0.717) is 13.1 Å². The van der Waals surface area contributed by atoms with Gasteiger partial charge in [-0.3, -0.25) is 24.0 Å². The standard InChI is InChI=1S/C15H22N4O5S/c1-17-6-8-18(9-7-17)5-4-16-15(20)13-3-2-12(11-25(23)24)10-14(13)19(21)22/h2-3,10H,4-9,11H2,1H3,(H,16,20)(H,23,24)/p-1. The Morgan fingerprint density at radius 3 is 2.60 bits per heavy atom. The molecule has 0 spiro atoms. The summed E-state index contributed by atoms with van der Waals surface area (Å²) in [5.41, 5.74) is -0.183. The molecule has 1 saturated heterocycles. The van der Waals surface area contributed by atoms with Crippen LogP contribution in [0.15, 0.2) is 18.2 Å². The molecule has 1 aliphatic rings. The minimum Gasteiger partial charge on any atom is -0.772 e. The Bertz CT molecular complexity index is 661. The van der Waals surface area contributed by atoms with Gasteiger partial charge in [0.2, 0.25) is 0 Å². The highest BCUT2D eigenvalue weighted by atomic mass is 32.2. The molecule has 0 aromatic heterocycles. The zero-order valence-electron chi connectivity index (χ0n) is 14.0. The lowest BCUT2D eigenvalue weighted by atomic mass is 10.1. The molecule has 1 heterocycles. The molecule has 0 bridgehead atoms. The van der Waals surface area contributed by atoms with Crippen molar-refractivity contribution in [3.63, 3.8) is 0 Å². The molecule has 0 saturated carbocycles. The molecule has 138 valence electrons. The Morgan fingerprint density at radius 2 is 2.00 bits per heavy atom. The van der Waals surface area contributed by atoms with Crippen molar-refractivity contribution in [2.24, 2.45) is 0 Å². The van der Waals surface area contributed by atoms with Crippen LogP contribution in [-0.4, -0.2) is 75.7 Å². The Kier molecular flexibility index (Phi) is 7.00. The van der Waals surface area contributed by atoms with E-state index in [1.165, 1.54) is 12.1 Å². The third-order valence-corrected chi connectivity index (χ3v) is 4.67. The van der Waals surface area contributed by atoms with Crippen LogP contribution in [0.2, 0.25) is 0 Å². The molecule has 1 aromatic rings. The van der Waals surface area contributed by atoms with E-state index in [-0.39, 0.29) is 22.6 Å². The van der Waals surface area contributed by atoms with Crippen molar-refractivity contribution in [3.05, 3.63) is 39.4 Å². The first-order valence-electron chi connectivity index (χ1n) is 7.89. The lowest BCUT2D eigenvalue weighted by Crippen LogP contribution is -2.46. The van der Waals surface area contributed by atoms with Gasteiger partial charge in [-0.15, -0.1) is 0 Å². The summed E-state index contributed by atoms with van der Waals surface area (Å²) in [5.74, 6) is -0.859. The molecule has 1 amide bonds. The second-order valence-electron chi connectivity index (χ2n) is 5.96. The van der Waals surface area contributed by atoms with E-state index in [0.717, 1.165) is 32.2 Å². The van der Waals surface area contributed by atoms with Crippen LogP contribution >= 0.6 is 0 Å². The maximum atomic E-state index is 12.2. The van der Waals surface area contributed by atoms with Gasteiger partial charge < -0.3 is 14.8 Å². The summed E-state index contributed by atoms with van der Waals surface area (Å²) < 4.78 is 21.4. The molecule has 1 aromatic carbocycles. The van der Waals surface area contributed by atoms with E-state index < -0.39 is 21.9 Å². The minimum atomic E-state index is -2.35. The third kappa shape index (κ3) is 5.85. The number of likely N-dealkylation sites (N-methyl/N-ethyl adjacent to an activating group) is 1. The lowest BCUT2D eigenvalue weighted by molar-refractivity contribution is -0.385. The van der Waals surface area contributed by atoms with Gasteiger partial charge in [0.15, 0.2) is 0 Å². The van der Waals surface area contributed by atoms with Crippen molar-refractivity contribution in [2.45, 2.75) is 5.75 Å². The molecular formula is C15H21N4O5S-. The molecule has 25 heavy (non-hydrogen) atoms. The third-order valence-electron chi connectivity index (χ3n) is 4.10. The number of piperazine rings is 1. The molecule has 10 heteroatoms. The number of hydrogen-bond donors (Lipinski definition) is 1. The first-order chi connectivity index (χ1) is 11.9. The van der Waals surface area contributed by atoms with E-state index in [9.17, 15) is 23.7 Å². The average Bonchev–Trinajstić information content (AvgIpc) is 2.56. The minimum absolute atomic E-state index is 0.0659. The Labute approximate surface area is 148 Å². The molecule has 1 N–H and O–H groups in total. The van der Waals surface area contributed by atoms with Crippen LogP contribution in [0, 0.1) is 10.1 Å². The summed E-state index contributed by atoms with van der Waals surface area (Å²) in [4.78, 5) is 27.2. The summed E-state index contributed by atoms with van der Waals surface area (Å²) in [7, 11) is 2.06. The molecule has 1 atom stereocenters. The van der Waals surface area contributed by atoms with Crippen LogP contribution in [0.5, 0.6) is 0 Å². The van der Waals surface area contributed by atoms with Gasteiger partial charge in [-0.2, -0.15) is 0 Å². The molecule has 9 nitrogen and oxygen atoms in total. The number of benzene rings is 1. The van der Waals surface area contributed by atoms with Crippen LogP contribution in [0.25, 0.3) is 0 Å². The molecule has 0 radical (unpaired) electrons. The van der Waals surface area contributed by atoms with Gasteiger partial charge in [-0.05, 0) is 18.7 Å². The number of amides is 1. The zero-order chi connectivity index (χ0) is 18.4. The van der Waals surface area contributed by atoms with Crippen molar-refractivity contribution in [3.8, 4) is 0 Å². The van der Waals surface area contributed by atoms with Crippen LogP contribution in [0.4, 0.5) is 5.69 Å². The van der Waals surface area contributed by atoms with Crippen LogP contribution in [0.1, 0.15) is 15.9 Å². The second-order valence-corrected chi connectivity index (χ2v) is 6.85. The molecular weight excluding hydrogens is 348 g/mol. The average molecular weight is 369 g/mol. The largest absolute Gasteiger partial charge is 0.772 e. The quantitative estimate of drug-likeness (QED) is 0.407. The predicted molar refractivity (Wildman–Crippen MR) is 92.0 cm³/mol. The van der Waals surface area contributed by atoms with Gasteiger partial charge in [-0.25, -0.2) is 0 Å². The second kappa shape index (κ2) is 8.99. The Morgan fingerprint density at radius 1 is 1.32 bits per heavy atom. The first kappa shape index (κ1) is 19.4. The number of nitrogens with zero attached hydrogens (tertiary/aromatic N) is 3. The normalized spacial score (nSPS) is 17.2. The van der Waals surface area contributed by atoms with Gasteiger partial charge in [-0.1, -0.05) is 17.1 Å². The van der Waals surface area contributed by atoms with Crippen molar-refractivity contribution in [1.29, 1.82) is 0 Å². The molecule has 2 rings (SSSR count). The topological polar surface area (TPSA) is 119 Å². The molecule has 0 aliphatic carbocycles. The van der Waals surface area contributed by atoms with Crippen LogP contribution < -0.4 is 5.32 Å². The van der Waals surface area contributed by atoms with E-state index in [1.807, 2.05) is 0 Å². The highest BCUT2D eigenvalue weighted by Crippen LogP contribution is 2.21. The first-order valence-corrected chi connectivity index (χ1v) is 9.13. The van der Waals surface area contributed by atoms with E-state index in [4.69, 9.17) is 0 Å². The monoisotopic (exact) mass is 369 g/mol. The smallest absolute Gasteiger partial charge is 0.282 e. The van der Waals surface area contributed by atoms with E-state index in [1.54, 1.807) is 0 Å². The molecule has 1 aliphatic heterocycles. The SMILES string of the molecule is CN1CCN(CCNC(=O)c2ccc(CS(=O)[O-])cc2[N+](=O)[O-])CC1. The predicted octanol–water partition coefficient (Wildman–Crippen LogP) is -0.0489. The van der Waals surface area contributed by atoms with Gasteiger partial charge in [0.05, 0.1) is 4.92 Å². The summed E-state index contributed by atoms with van der Waals surface area (Å²) in [6.07, 6.45) is 0. The Balaban J connectivity index is 1.96. The zero-order valence-corrected chi connectivity index (χ0v) is 14.8. The fourth-order valence-electron chi connectivity index (χ4n) is 2.64. The summed E-state index contributed by atoms with van der Waals surface area (Å²) in [6.45, 7) is 4.87. The van der Waals surface area contributed by atoms with Crippen LogP contribution in [-0.2, 0) is 16.8 Å². The highest BCUT2D eigenvalue weighted by Gasteiger charge is 2.21. The van der Waals surface area contributed by atoms with Crippen molar-refractivity contribution < 1.29 is 18.5 Å². The van der Waals surface area contributed by atoms with E-state index in [2.05, 4.69) is 22.2 Å². The maximum absolute atomic E-state index is 12.2. The fourth-order valence-corrected chi connectivity index (χ4v) is 3.09. The van der Waals surface area contributed by atoms with Crippen LogP contribution in [0.3, 0.4) is 0 Å². The molecule has 1 fully saturated rings. The van der Waals surface area contributed by atoms with Gasteiger partial charge in [0.25, 0.3) is 11.6 Å². The molecule has 1 unspecified atom stereocenters. The van der Waals surface area contributed by atoms with Gasteiger partial charge in [0.1, 0.15) is 5.56 Å². The Hall–Kier alpha value is -1.88. The van der Waals surface area contributed by atoms with Crippen molar-refractivity contribution in [2.75, 3.05) is 46.3 Å². The summed E-state index contributed by atoms with van der Waals surface area (Å²) in [6, 6.07) is 3.84. The number of nitro groups is 1. The summed E-state index contributed by atoms with van der Waals surface area (Å²) >= 11 is -2.35. The maximum Gasteiger partial charge on any atom is 0.282 e. The van der Waals surface area contributed by atoms with Gasteiger partial charge in [0, 0.05) is 51.1 Å². The number of nitro benzene ring substituents is 1. The number of carbonyl (C=O) groups excluding carboxylic acids is 1. The van der Waals surface area contributed by atoms with E-state index >= 15 is 0 Å².